The van der Waals surface area contributed by atoms with E-state index in [0.29, 0.717) is 12.8 Å². The van der Waals surface area contributed by atoms with Crippen molar-refractivity contribution in [3.63, 3.8) is 0 Å². The molecule has 2 atom stereocenters. The van der Waals surface area contributed by atoms with Crippen LogP contribution in [-0.2, 0) is 14.4 Å². The molecule has 0 rings (SSSR count). The summed E-state index contributed by atoms with van der Waals surface area (Å²) < 4.78 is 0. The Morgan fingerprint density at radius 1 is 0.900 bits per heavy atom. The Morgan fingerprint density at radius 2 is 1.35 bits per heavy atom. The summed E-state index contributed by atoms with van der Waals surface area (Å²) in [6, 6.07) is 0. The van der Waals surface area contributed by atoms with Crippen LogP contribution in [0, 0.1) is 0 Å². The molecule has 0 aromatic heterocycles. The third-order valence-corrected chi connectivity index (χ3v) is 2.03. The highest BCUT2D eigenvalue weighted by atomic mass is 16.4. The van der Waals surface area contributed by atoms with E-state index in [-0.39, 0.29) is 25.9 Å². The molecule has 0 fully saturated rings. The Bertz CT molecular complexity index is 288. The maximum absolute atomic E-state index is 10.1. The predicted octanol–water partition coefficient (Wildman–Crippen LogP) is -1.11. The third-order valence-electron chi connectivity index (χ3n) is 2.03. The Kier molecular flexibility index (Phi) is 12.7. The zero-order valence-electron chi connectivity index (χ0n) is 10.8. The van der Waals surface area contributed by atoms with Crippen molar-refractivity contribution in [1.82, 2.24) is 0 Å². The average molecular weight is 296 g/mol. The number of carboxylic acids is 3. The summed E-state index contributed by atoms with van der Waals surface area (Å²) in [5, 5.41) is 50.3. The number of carbonyl (C=O) groups is 3. The lowest BCUT2D eigenvalue weighted by atomic mass is 10.1. The minimum atomic E-state index is -1.52. The molecule has 0 aliphatic carbocycles. The van der Waals surface area contributed by atoms with E-state index >= 15 is 0 Å². The number of aliphatic hydroxyl groups is 3. The lowest BCUT2D eigenvalue weighted by molar-refractivity contribution is -0.148. The second-order valence-electron chi connectivity index (χ2n) is 3.90. The quantitative estimate of drug-likeness (QED) is 0.308. The molecular weight excluding hydrogens is 276 g/mol. The van der Waals surface area contributed by atoms with Crippen molar-refractivity contribution in [3.05, 3.63) is 0 Å². The van der Waals surface area contributed by atoms with Gasteiger partial charge in [-0.05, 0) is 12.8 Å². The SMILES string of the molecule is O=C(O)C(O)CC(O)CCCO.O=C(O)CCC(=O)O. The summed E-state index contributed by atoms with van der Waals surface area (Å²) in [5.41, 5.74) is 0. The van der Waals surface area contributed by atoms with Crippen molar-refractivity contribution in [3.8, 4) is 0 Å². The van der Waals surface area contributed by atoms with Crippen LogP contribution >= 0.6 is 0 Å². The first-order valence-electron chi connectivity index (χ1n) is 5.84. The fraction of sp³-hybridized carbons (Fsp3) is 0.727. The van der Waals surface area contributed by atoms with Crippen LogP contribution in [0.5, 0.6) is 0 Å². The molecule has 0 aromatic carbocycles. The summed E-state index contributed by atoms with van der Waals surface area (Å²) in [7, 11) is 0. The number of rotatable bonds is 9. The number of hydrogen-bond acceptors (Lipinski definition) is 6. The van der Waals surface area contributed by atoms with Gasteiger partial charge in [0.2, 0.25) is 0 Å². The van der Waals surface area contributed by atoms with Crippen molar-refractivity contribution >= 4 is 17.9 Å². The largest absolute Gasteiger partial charge is 0.481 e. The summed E-state index contributed by atoms with van der Waals surface area (Å²) in [5.74, 6) is -3.49. The second-order valence-corrected chi connectivity index (χ2v) is 3.90. The van der Waals surface area contributed by atoms with Crippen molar-refractivity contribution in [2.75, 3.05) is 6.61 Å². The first kappa shape index (κ1) is 20.6. The Hall–Kier alpha value is -1.71. The van der Waals surface area contributed by atoms with Gasteiger partial charge in [-0.25, -0.2) is 4.79 Å². The molecule has 6 N–H and O–H groups in total. The molecule has 0 radical (unpaired) electrons. The van der Waals surface area contributed by atoms with Crippen LogP contribution < -0.4 is 0 Å². The van der Waals surface area contributed by atoms with Crippen LogP contribution in [0.25, 0.3) is 0 Å². The van der Waals surface area contributed by atoms with Crippen molar-refractivity contribution < 1.29 is 45.0 Å². The second kappa shape index (κ2) is 12.3. The fourth-order valence-corrected chi connectivity index (χ4v) is 1.02. The predicted molar refractivity (Wildman–Crippen MR) is 65.1 cm³/mol. The molecule has 2 unspecified atom stereocenters. The third kappa shape index (κ3) is 16.3. The van der Waals surface area contributed by atoms with Gasteiger partial charge in [0.1, 0.15) is 0 Å². The van der Waals surface area contributed by atoms with Crippen LogP contribution in [0.1, 0.15) is 32.1 Å². The fourth-order valence-electron chi connectivity index (χ4n) is 1.02. The number of aliphatic hydroxyl groups excluding tert-OH is 3. The van der Waals surface area contributed by atoms with Crippen LogP contribution in [0.4, 0.5) is 0 Å². The zero-order chi connectivity index (χ0) is 16.1. The number of hydrogen-bond donors (Lipinski definition) is 6. The molecule has 0 amide bonds. The van der Waals surface area contributed by atoms with Gasteiger partial charge in [0, 0.05) is 13.0 Å². The average Bonchev–Trinajstić information content (AvgIpc) is 2.34. The van der Waals surface area contributed by atoms with Crippen LogP contribution in [-0.4, -0.2) is 67.4 Å². The summed E-state index contributed by atoms with van der Waals surface area (Å²) in [6.07, 6.45) is -2.43. The Morgan fingerprint density at radius 3 is 1.65 bits per heavy atom. The molecule has 0 saturated heterocycles. The zero-order valence-corrected chi connectivity index (χ0v) is 10.8. The van der Waals surface area contributed by atoms with Gasteiger partial charge < -0.3 is 30.6 Å². The molecule has 0 spiro atoms. The molecule has 0 aromatic rings. The summed E-state index contributed by atoms with van der Waals surface area (Å²) in [4.78, 5) is 29.4. The van der Waals surface area contributed by atoms with E-state index in [9.17, 15) is 14.4 Å². The van der Waals surface area contributed by atoms with E-state index in [0.717, 1.165) is 0 Å². The lowest BCUT2D eigenvalue weighted by Crippen LogP contribution is -2.25. The monoisotopic (exact) mass is 296 g/mol. The highest BCUT2D eigenvalue weighted by molar-refractivity contribution is 5.75. The molecule has 118 valence electrons. The summed E-state index contributed by atoms with van der Waals surface area (Å²) >= 11 is 0. The number of aliphatic carboxylic acids is 3. The number of carboxylic acid groups (broad SMARTS) is 3. The summed E-state index contributed by atoms with van der Waals surface area (Å²) in [6.45, 7) is -0.0414. The first-order chi connectivity index (χ1) is 9.20. The van der Waals surface area contributed by atoms with Crippen molar-refractivity contribution in [2.45, 2.75) is 44.3 Å². The van der Waals surface area contributed by atoms with Gasteiger partial charge >= 0.3 is 17.9 Å². The molecule has 0 saturated carbocycles. The van der Waals surface area contributed by atoms with E-state index in [4.69, 9.17) is 30.6 Å². The van der Waals surface area contributed by atoms with Gasteiger partial charge in [-0.1, -0.05) is 0 Å². The Balaban J connectivity index is 0. The molecule has 0 aliphatic rings. The lowest BCUT2D eigenvalue weighted by Gasteiger charge is -2.11. The minimum Gasteiger partial charge on any atom is -0.481 e. The van der Waals surface area contributed by atoms with Gasteiger partial charge in [0.05, 0.1) is 18.9 Å². The molecule has 20 heavy (non-hydrogen) atoms. The highest BCUT2D eigenvalue weighted by Gasteiger charge is 2.17. The van der Waals surface area contributed by atoms with Gasteiger partial charge in [-0.3, -0.25) is 9.59 Å². The van der Waals surface area contributed by atoms with Crippen molar-refractivity contribution in [2.24, 2.45) is 0 Å². The molecular formula is C11H20O9. The Labute approximate surface area is 115 Å². The van der Waals surface area contributed by atoms with Gasteiger partial charge in [-0.15, -0.1) is 0 Å². The van der Waals surface area contributed by atoms with E-state index in [2.05, 4.69) is 0 Å². The van der Waals surface area contributed by atoms with Gasteiger partial charge in [0.15, 0.2) is 6.10 Å². The van der Waals surface area contributed by atoms with E-state index in [1.54, 1.807) is 0 Å². The molecule has 9 nitrogen and oxygen atoms in total. The normalized spacial score (nSPS) is 12.8. The highest BCUT2D eigenvalue weighted by Crippen LogP contribution is 2.04. The van der Waals surface area contributed by atoms with E-state index < -0.39 is 30.1 Å². The molecule has 0 bridgehead atoms. The van der Waals surface area contributed by atoms with Gasteiger partial charge in [-0.2, -0.15) is 0 Å². The molecule has 9 heteroatoms. The minimum absolute atomic E-state index is 0.0414. The smallest absolute Gasteiger partial charge is 0.332 e. The van der Waals surface area contributed by atoms with Crippen LogP contribution in [0.2, 0.25) is 0 Å². The maximum atomic E-state index is 10.1. The maximum Gasteiger partial charge on any atom is 0.332 e. The standard InChI is InChI=1S/C7H14O5.C4H6O4/c8-3-1-2-5(9)4-6(10)7(11)12;5-3(6)1-2-4(7)8/h5-6,8-10H,1-4H2,(H,11,12);1-2H2,(H,5,6)(H,7,8). The van der Waals surface area contributed by atoms with E-state index in [1.165, 1.54) is 0 Å². The van der Waals surface area contributed by atoms with Crippen molar-refractivity contribution in [1.29, 1.82) is 0 Å². The molecule has 0 heterocycles. The molecule has 0 aliphatic heterocycles. The first-order valence-corrected chi connectivity index (χ1v) is 5.84. The topological polar surface area (TPSA) is 173 Å². The van der Waals surface area contributed by atoms with Gasteiger partial charge in [0.25, 0.3) is 0 Å². The van der Waals surface area contributed by atoms with E-state index in [1.807, 2.05) is 0 Å². The van der Waals surface area contributed by atoms with Crippen LogP contribution in [0.3, 0.4) is 0 Å². The van der Waals surface area contributed by atoms with Crippen LogP contribution in [0.15, 0.2) is 0 Å².